The van der Waals surface area contributed by atoms with Crippen LogP contribution in [0.4, 0.5) is 19.5 Å². The lowest BCUT2D eigenvalue weighted by molar-refractivity contribution is -0.0529. The maximum absolute atomic E-state index is 12.8. The van der Waals surface area contributed by atoms with Crippen LogP contribution in [0.25, 0.3) is 0 Å². The molecule has 0 unspecified atom stereocenters. The fraction of sp³-hybridized carbons (Fsp3) is 0.235. The first-order valence-electron chi connectivity index (χ1n) is 8.40. The summed E-state index contributed by atoms with van der Waals surface area (Å²) < 4.78 is 65.6. The Bertz CT molecular complexity index is 1170. The minimum Gasteiger partial charge on any atom is -0.481 e. The van der Waals surface area contributed by atoms with Crippen molar-refractivity contribution >= 4 is 28.0 Å². The fourth-order valence-electron chi connectivity index (χ4n) is 2.41. The molecular formula is C17H15F2N5O7S. The molecule has 2 rings (SSSR count). The number of carbonyl (C=O) groups excluding carboxylic acids is 2. The number of hydrogen-bond donors (Lipinski definition) is 2. The van der Waals surface area contributed by atoms with Gasteiger partial charge in [-0.25, -0.2) is 22.7 Å². The van der Waals surface area contributed by atoms with Crippen molar-refractivity contribution in [3.8, 4) is 17.8 Å². The van der Waals surface area contributed by atoms with Crippen molar-refractivity contribution in [2.24, 2.45) is 0 Å². The first-order chi connectivity index (χ1) is 15.1. The molecule has 0 aliphatic heterocycles. The van der Waals surface area contributed by atoms with Gasteiger partial charge in [0.2, 0.25) is 17.7 Å². The average Bonchev–Trinajstić information content (AvgIpc) is 2.71. The Morgan fingerprint density at radius 2 is 1.91 bits per heavy atom. The largest absolute Gasteiger partial charge is 0.481 e. The average molecular weight is 471 g/mol. The maximum Gasteiger partial charge on any atom is 0.388 e. The van der Waals surface area contributed by atoms with Crippen molar-refractivity contribution in [3.05, 3.63) is 35.4 Å². The minimum absolute atomic E-state index is 0.0686. The molecule has 0 saturated heterocycles. The lowest BCUT2D eigenvalue weighted by Gasteiger charge is -2.14. The van der Waals surface area contributed by atoms with Gasteiger partial charge in [-0.1, -0.05) is 12.1 Å². The number of hydrogen-bond acceptors (Lipinski definition) is 10. The summed E-state index contributed by atoms with van der Waals surface area (Å²) in [6.07, 6.45) is -0.393. The highest BCUT2D eigenvalue weighted by molar-refractivity contribution is 7.90. The number of nitrogens with one attached hydrogen (secondary N) is 2. The molecule has 32 heavy (non-hydrogen) atoms. The second-order valence-corrected chi connectivity index (χ2v) is 7.25. The van der Waals surface area contributed by atoms with Crippen molar-refractivity contribution in [2.75, 3.05) is 19.5 Å². The molecule has 0 bridgehead atoms. The number of sulfonamides is 1. The number of methoxy groups -OCH3 is 2. The van der Waals surface area contributed by atoms with Crippen LogP contribution in [0.15, 0.2) is 29.2 Å². The van der Waals surface area contributed by atoms with Crippen molar-refractivity contribution in [2.45, 2.75) is 17.9 Å². The molecule has 0 atom stereocenters. The quantitative estimate of drug-likeness (QED) is 0.537. The van der Waals surface area contributed by atoms with E-state index in [2.05, 4.69) is 19.4 Å². The number of amides is 2. The first kappa shape index (κ1) is 24.2. The van der Waals surface area contributed by atoms with Crippen LogP contribution >= 0.6 is 0 Å². The minimum atomic E-state index is -4.72. The number of carbonyl (C=O) groups is 2. The van der Waals surface area contributed by atoms with E-state index in [1.807, 2.05) is 5.32 Å². The van der Waals surface area contributed by atoms with Crippen LogP contribution < -0.4 is 19.5 Å². The number of alkyl halides is 2. The van der Waals surface area contributed by atoms with Gasteiger partial charge in [-0.2, -0.15) is 24.0 Å². The SMILES string of the molecule is COC(=O)c1cccc(CC#N)c1S(=O)(=O)NC(=O)Nc1nc(OC)cc(OC(F)F)n1. The third kappa shape index (κ3) is 5.98. The molecule has 1 aromatic carbocycles. The molecule has 1 aromatic heterocycles. The predicted octanol–water partition coefficient (Wildman–Crippen LogP) is 1.45. The van der Waals surface area contributed by atoms with Gasteiger partial charge in [0.1, 0.15) is 4.90 Å². The van der Waals surface area contributed by atoms with Gasteiger partial charge < -0.3 is 14.2 Å². The molecule has 2 aromatic rings. The van der Waals surface area contributed by atoms with Crippen LogP contribution in [0.3, 0.4) is 0 Å². The Balaban J connectivity index is 2.37. The van der Waals surface area contributed by atoms with Crippen LogP contribution in [-0.4, -0.2) is 51.2 Å². The second kappa shape index (κ2) is 10.3. The molecule has 2 amide bonds. The molecule has 0 aliphatic carbocycles. The number of ether oxygens (including phenoxy) is 3. The smallest absolute Gasteiger partial charge is 0.388 e. The highest BCUT2D eigenvalue weighted by Gasteiger charge is 2.28. The lowest BCUT2D eigenvalue weighted by Crippen LogP contribution is -2.36. The second-order valence-electron chi connectivity index (χ2n) is 5.63. The number of rotatable bonds is 8. The Kier molecular flexibility index (Phi) is 7.80. The normalized spacial score (nSPS) is 10.8. The van der Waals surface area contributed by atoms with E-state index in [1.165, 1.54) is 12.1 Å². The third-order valence-electron chi connectivity index (χ3n) is 3.59. The standard InChI is InChI=1S/C17H15F2N5O7S/c1-29-11-8-12(31-15(18)19)22-16(21-11)23-17(26)24-32(27,28)13-9(6-7-20)4-3-5-10(13)14(25)30-2/h3-5,8,15H,6H2,1-2H3,(H2,21,22,23,24,26). The fourth-order valence-corrected chi connectivity index (χ4v) is 3.74. The van der Waals surface area contributed by atoms with Gasteiger partial charge in [0.15, 0.2) is 0 Å². The third-order valence-corrected chi connectivity index (χ3v) is 5.06. The summed E-state index contributed by atoms with van der Waals surface area (Å²) in [5.74, 6) is -2.56. The molecule has 15 heteroatoms. The topological polar surface area (TPSA) is 170 Å². The van der Waals surface area contributed by atoms with E-state index >= 15 is 0 Å². The number of esters is 1. The summed E-state index contributed by atoms with van der Waals surface area (Å²) in [7, 11) is -2.54. The number of benzene rings is 1. The zero-order chi connectivity index (χ0) is 23.9. The molecule has 0 aliphatic rings. The van der Waals surface area contributed by atoms with Gasteiger partial charge in [-0.15, -0.1) is 0 Å². The van der Waals surface area contributed by atoms with E-state index in [0.717, 1.165) is 26.4 Å². The molecule has 0 spiro atoms. The van der Waals surface area contributed by atoms with Gasteiger partial charge in [0.25, 0.3) is 10.0 Å². The summed E-state index contributed by atoms with van der Waals surface area (Å²) in [5, 5.41) is 10.9. The highest BCUT2D eigenvalue weighted by Crippen LogP contribution is 2.23. The zero-order valence-electron chi connectivity index (χ0n) is 16.5. The Morgan fingerprint density at radius 3 is 2.50 bits per heavy atom. The van der Waals surface area contributed by atoms with Crippen LogP contribution in [-0.2, 0) is 21.2 Å². The Hall–Kier alpha value is -4.06. The number of anilines is 1. The maximum atomic E-state index is 12.8. The van der Waals surface area contributed by atoms with Crippen LogP contribution in [0.5, 0.6) is 11.8 Å². The van der Waals surface area contributed by atoms with Gasteiger partial charge in [0, 0.05) is 0 Å². The van der Waals surface area contributed by atoms with Crippen molar-refractivity contribution in [3.63, 3.8) is 0 Å². The summed E-state index contributed by atoms with van der Waals surface area (Å²) >= 11 is 0. The van der Waals surface area contributed by atoms with Crippen molar-refractivity contribution in [1.29, 1.82) is 5.26 Å². The van der Waals surface area contributed by atoms with Crippen molar-refractivity contribution in [1.82, 2.24) is 14.7 Å². The highest BCUT2D eigenvalue weighted by atomic mass is 32.2. The Labute approximate surface area is 180 Å². The summed E-state index contributed by atoms with van der Waals surface area (Å²) in [4.78, 5) is 30.8. The zero-order valence-corrected chi connectivity index (χ0v) is 17.3. The number of halogens is 2. The van der Waals surface area contributed by atoms with Crippen molar-refractivity contribution < 1.29 is 41.0 Å². The molecule has 170 valence electrons. The molecule has 0 saturated carbocycles. The molecule has 0 fully saturated rings. The molecule has 0 radical (unpaired) electrons. The lowest BCUT2D eigenvalue weighted by atomic mass is 10.1. The molecule has 12 nitrogen and oxygen atoms in total. The van der Waals surface area contributed by atoms with Gasteiger partial charge in [0.05, 0.1) is 38.3 Å². The molecule has 1 heterocycles. The van der Waals surface area contributed by atoms with E-state index in [-0.39, 0.29) is 11.4 Å². The van der Waals surface area contributed by atoms with E-state index in [9.17, 15) is 26.8 Å². The van der Waals surface area contributed by atoms with Gasteiger partial charge in [-0.05, 0) is 11.6 Å². The summed E-state index contributed by atoms with van der Waals surface area (Å²) in [6, 6.07) is 5.02. The summed E-state index contributed by atoms with van der Waals surface area (Å²) in [6.45, 7) is -3.23. The van der Waals surface area contributed by atoms with Gasteiger partial charge in [-0.3, -0.25) is 5.32 Å². The monoisotopic (exact) mass is 471 g/mol. The van der Waals surface area contributed by atoms with E-state index in [0.29, 0.717) is 0 Å². The number of aromatic nitrogens is 2. The predicted molar refractivity (Wildman–Crippen MR) is 102 cm³/mol. The number of nitriles is 1. The molecule has 2 N–H and O–H groups in total. The van der Waals surface area contributed by atoms with E-state index in [4.69, 9.17) is 10.00 Å². The summed E-state index contributed by atoms with van der Waals surface area (Å²) in [5.41, 5.74) is -0.480. The van der Waals surface area contributed by atoms with E-state index in [1.54, 1.807) is 10.8 Å². The first-order valence-corrected chi connectivity index (χ1v) is 9.88. The number of urea groups is 1. The van der Waals surface area contributed by atoms with E-state index < -0.39 is 57.3 Å². The van der Waals surface area contributed by atoms with Crippen LogP contribution in [0, 0.1) is 11.3 Å². The van der Waals surface area contributed by atoms with Crippen LogP contribution in [0.2, 0.25) is 0 Å². The number of nitrogens with zero attached hydrogens (tertiary/aromatic N) is 3. The molecular weight excluding hydrogens is 456 g/mol. The van der Waals surface area contributed by atoms with Gasteiger partial charge >= 0.3 is 18.6 Å². The van der Waals surface area contributed by atoms with Crippen LogP contribution in [0.1, 0.15) is 15.9 Å². The Morgan fingerprint density at radius 1 is 1.22 bits per heavy atom.